The second kappa shape index (κ2) is 13.6. The molecular weight excluding hydrogens is 378 g/mol. The third-order valence-corrected chi connectivity index (χ3v) is 5.78. The Balaban J connectivity index is 1.31. The summed E-state index contributed by atoms with van der Waals surface area (Å²) in [6.07, 6.45) is 17.8. The van der Waals surface area contributed by atoms with Crippen molar-refractivity contribution in [3.8, 4) is 5.75 Å². The van der Waals surface area contributed by atoms with Crippen LogP contribution in [0, 0.1) is 0 Å². The molecule has 0 saturated heterocycles. The van der Waals surface area contributed by atoms with Crippen LogP contribution in [-0.2, 0) is 0 Å². The number of pyridine rings is 1. The monoisotopic (exact) mass is 416 g/mol. The second-order valence-corrected chi connectivity index (χ2v) is 8.43. The Morgan fingerprint density at radius 1 is 0.677 bits per heavy atom. The Hall–Kier alpha value is -2.61. The largest absolute Gasteiger partial charge is 0.494 e. The van der Waals surface area contributed by atoms with Crippen LogP contribution >= 0.6 is 0 Å². The van der Waals surface area contributed by atoms with Gasteiger partial charge in [0.05, 0.1) is 6.61 Å². The zero-order valence-corrected chi connectivity index (χ0v) is 19.1. The van der Waals surface area contributed by atoms with Crippen LogP contribution in [0.25, 0.3) is 23.1 Å². The van der Waals surface area contributed by atoms with Crippen molar-refractivity contribution in [1.29, 1.82) is 0 Å². The fourth-order valence-electron chi connectivity index (χ4n) is 3.87. The Morgan fingerprint density at radius 2 is 1.35 bits per heavy atom. The summed E-state index contributed by atoms with van der Waals surface area (Å²) in [5, 5.41) is 1.23. The summed E-state index contributed by atoms with van der Waals surface area (Å²) in [5.41, 5.74) is 3.42. The predicted molar refractivity (Wildman–Crippen MR) is 133 cm³/mol. The zero-order chi connectivity index (χ0) is 21.6. The van der Waals surface area contributed by atoms with Crippen LogP contribution in [0.15, 0.2) is 60.7 Å². The smallest absolute Gasteiger partial charge is 0.211 e. The molecule has 2 nitrogen and oxygen atoms in total. The number of aromatic amines is 1. The molecular formula is C29H38NO+. The molecule has 0 amide bonds. The summed E-state index contributed by atoms with van der Waals surface area (Å²) >= 11 is 0. The lowest BCUT2D eigenvalue weighted by Gasteiger charge is -2.06. The first-order chi connectivity index (χ1) is 15.3. The van der Waals surface area contributed by atoms with Crippen LogP contribution in [-0.4, -0.2) is 6.61 Å². The first-order valence-electron chi connectivity index (χ1n) is 12.2. The number of rotatable bonds is 14. The van der Waals surface area contributed by atoms with Gasteiger partial charge in [0.1, 0.15) is 5.75 Å². The minimum absolute atomic E-state index is 0.817. The van der Waals surface area contributed by atoms with Crippen LogP contribution in [0.4, 0.5) is 0 Å². The Bertz CT molecular complexity index is 913. The number of hydrogen-bond acceptors (Lipinski definition) is 1. The van der Waals surface area contributed by atoms with E-state index in [0.29, 0.717) is 0 Å². The van der Waals surface area contributed by atoms with Gasteiger partial charge < -0.3 is 4.74 Å². The maximum Gasteiger partial charge on any atom is 0.211 e. The van der Waals surface area contributed by atoms with Gasteiger partial charge in [0.2, 0.25) is 11.2 Å². The van der Waals surface area contributed by atoms with Gasteiger partial charge in [-0.1, -0.05) is 89.0 Å². The van der Waals surface area contributed by atoms with E-state index in [1.165, 1.54) is 68.7 Å². The fraction of sp³-hybridized carbons (Fsp3) is 0.414. The minimum Gasteiger partial charge on any atom is -0.494 e. The molecule has 164 valence electrons. The molecule has 1 N–H and O–H groups in total. The number of fused-ring (bicyclic) bond motifs is 1. The van der Waals surface area contributed by atoms with Crippen molar-refractivity contribution >= 4 is 23.1 Å². The van der Waals surface area contributed by atoms with Gasteiger partial charge in [-0.2, -0.15) is 0 Å². The summed E-state index contributed by atoms with van der Waals surface area (Å²) < 4.78 is 5.91. The SMILES string of the molecule is CCCCCCCCCCCCOc1ccc(/C=C/c2ccc3ccccc3[nH+]2)cc1. The summed E-state index contributed by atoms with van der Waals surface area (Å²) in [7, 11) is 0. The average Bonchev–Trinajstić information content (AvgIpc) is 2.82. The number of nitrogens with one attached hydrogen (secondary N) is 1. The summed E-state index contributed by atoms with van der Waals surface area (Å²) in [6.45, 7) is 3.09. The molecule has 0 unspecified atom stereocenters. The standard InChI is InChI=1S/C29H37NO/c1-2-3-4-5-6-7-8-9-10-13-24-31-28-22-17-25(18-23-28)16-20-27-21-19-26-14-11-12-15-29(26)30-27/h11-12,14-23H,2-10,13,24H2,1H3/p+1/b20-16+. The number of hydrogen-bond donors (Lipinski definition) is 0. The number of aromatic nitrogens is 1. The molecule has 3 aromatic rings. The normalized spacial score (nSPS) is 11.4. The van der Waals surface area contributed by atoms with Gasteiger partial charge in [-0.25, -0.2) is 4.98 Å². The van der Waals surface area contributed by atoms with Crippen LogP contribution in [0.5, 0.6) is 5.75 Å². The first kappa shape index (κ1) is 23.1. The molecule has 2 aromatic carbocycles. The molecule has 0 aliphatic rings. The lowest BCUT2D eigenvalue weighted by molar-refractivity contribution is -0.347. The van der Waals surface area contributed by atoms with E-state index in [9.17, 15) is 0 Å². The molecule has 0 aliphatic carbocycles. The van der Waals surface area contributed by atoms with E-state index in [4.69, 9.17) is 4.74 Å². The first-order valence-corrected chi connectivity index (χ1v) is 12.2. The van der Waals surface area contributed by atoms with Crippen molar-refractivity contribution in [2.75, 3.05) is 6.61 Å². The average molecular weight is 417 g/mol. The topological polar surface area (TPSA) is 23.4 Å². The number of unbranched alkanes of at least 4 members (excludes halogenated alkanes) is 9. The number of H-pyrrole nitrogens is 1. The summed E-state index contributed by atoms with van der Waals surface area (Å²) in [5.74, 6) is 0.963. The highest BCUT2D eigenvalue weighted by atomic mass is 16.5. The summed E-state index contributed by atoms with van der Waals surface area (Å²) in [6, 6.07) is 21.0. The molecule has 31 heavy (non-hydrogen) atoms. The molecule has 0 bridgehead atoms. The summed E-state index contributed by atoms with van der Waals surface area (Å²) in [4.78, 5) is 3.46. The van der Waals surface area contributed by atoms with Crippen molar-refractivity contribution in [3.63, 3.8) is 0 Å². The van der Waals surface area contributed by atoms with Crippen molar-refractivity contribution in [2.24, 2.45) is 0 Å². The fourth-order valence-corrected chi connectivity index (χ4v) is 3.87. The van der Waals surface area contributed by atoms with Crippen molar-refractivity contribution in [1.82, 2.24) is 0 Å². The molecule has 1 heterocycles. The lowest BCUT2D eigenvalue weighted by atomic mass is 10.1. The van der Waals surface area contributed by atoms with Crippen LogP contribution < -0.4 is 9.72 Å². The second-order valence-electron chi connectivity index (χ2n) is 8.43. The van der Waals surface area contributed by atoms with Gasteiger partial charge in [0.15, 0.2) is 0 Å². The van der Waals surface area contributed by atoms with Crippen molar-refractivity contribution < 1.29 is 9.72 Å². The molecule has 0 aliphatic heterocycles. The molecule has 0 radical (unpaired) electrons. The molecule has 0 saturated carbocycles. The third-order valence-electron chi connectivity index (χ3n) is 5.78. The van der Waals surface area contributed by atoms with Gasteiger partial charge in [-0.3, -0.25) is 0 Å². The van der Waals surface area contributed by atoms with E-state index >= 15 is 0 Å². The maximum absolute atomic E-state index is 5.91. The predicted octanol–water partition coefficient (Wildman–Crippen LogP) is 8.12. The Morgan fingerprint density at radius 3 is 2.10 bits per heavy atom. The lowest BCUT2D eigenvalue weighted by Crippen LogP contribution is -2.07. The van der Waals surface area contributed by atoms with E-state index in [2.05, 4.69) is 84.7 Å². The molecule has 0 atom stereocenters. The number of ether oxygens (including phenoxy) is 1. The zero-order valence-electron chi connectivity index (χ0n) is 19.1. The van der Waals surface area contributed by atoms with E-state index < -0.39 is 0 Å². The van der Waals surface area contributed by atoms with Crippen LogP contribution in [0.3, 0.4) is 0 Å². The van der Waals surface area contributed by atoms with E-state index in [-0.39, 0.29) is 0 Å². The molecule has 1 aromatic heterocycles. The van der Waals surface area contributed by atoms with E-state index in [1.807, 2.05) is 0 Å². The van der Waals surface area contributed by atoms with E-state index in [1.54, 1.807) is 0 Å². The van der Waals surface area contributed by atoms with Gasteiger partial charge in [0, 0.05) is 23.6 Å². The molecule has 3 rings (SSSR count). The van der Waals surface area contributed by atoms with Crippen LogP contribution in [0.2, 0.25) is 0 Å². The third kappa shape index (κ3) is 8.57. The van der Waals surface area contributed by atoms with Crippen LogP contribution in [0.1, 0.15) is 82.4 Å². The van der Waals surface area contributed by atoms with Gasteiger partial charge in [0.25, 0.3) is 0 Å². The number of para-hydroxylation sites is 1. The van der Waals surface area contributed by atoms with Crippen molar-refractivity contribution in [3.05, 3.63) is 71.9 Å². The van der Waals surface area contributed by atoms with Gasteiger partial charge in [-0.05, 0) is 42.3 Å². The molecule has 0 fully saturated rings. The highest BCUT2D eigenvalue weighted by Gasteiger charge is 2.01. The minimum atomic E-state index is 0.817. The Labute approximate surface area is 188 Å². The maximum atomic E-state index is 5.91. The molecule has 2 heteroatoms. The Kier molecular flexibility index (Phi) is 10.2. The number of benzene rings is 2. The molecule has 0 spiro atoms. The van der Waals surface area contributed by atoms with E-state index in [0.717, 1.165) is 30.0 Å². The van der Waals surface area contributed by atoms with Gasteiger partial charge in [-0.15, -0.1) is 0 Å². The highest BCUT2D eigenvalue weighted by molar-refractivity contribution is 5.76. The quantitative estimate of drug-likeness (QED) is 0.243. The van der Waals surface area contributed by atoms with Crippen molar-refractivity contribution in [2.45, 2.75) is 71.1 Å². The van der Waals surface area contributed by atoms with Gasteiger partial charge >= 0.3 is 0 Å². The highest BCUT2D eigenvalue weighted by Crippen LogP contribution is 2.16.